The minimum absolute atomic E-state index is 0.164. The third-order valence-electron chi connectivity index (χ3n) is 2.01. The van der Waals surface area contributed by atoms with Gasteiger partial charge >= 0.3 is 5.97 Å². The van der Waals surface area contributed by atoms with Crippen LogP contribution in [0.1, 0.15) is 19.4 Å². The second-order valence-electron chi connectivity index (χ2n) is 3.50. The molecule has 0 aliphatic carbocycles. The van der Waals surface area contributed by atoms with Crippen molar-refractivity contribution in [2.75, 3.05) is 11.9 Å². The molecule has 0 spiro atoms. The molecule has 0 heterocycles. The van der Waals surface area contributed by atoms with Crippen LogP contribution in [0.2, 0.25) is 0 Å². The van der Waals surface area contributed by atoms with Crippen molar-refractivity contribution < 1.29 is 14.3 Å². The summed E-state index contributed by atoms with van der Waals surface area (Å²) in [6.07, 6.45) is 2.94. The molecule has 0 saturated carbocycles. The van der Waals surface area contributed by atoms with E-state index < -0.39 is 5.97 Å². The maximum atomic E-state index is 11.2. The van der Waals surface area contributed by atoms with E-state index in [4.69, 9.17) is 4.74 Å². The first-order valence-corrected chi connectivity index (χ1v) is 6.24. The first kappa shape index (κ1) is 14.4. The van der Waals surface area contributed by atoms with Crippen LogP contribution in [0.3, 0.4) is 0 Å². The highest BCUT2D eigenvalue weighted by atomic mass is 79.9. The number of ether oxygens (including phenoxy) is 1. The van der Waals surface area contributed by atoms with Crippen LogP contribution in [0.4, 0.5) is 5.69 Å². The first-order chi connectivity index (χ1) is 8.52. The molecule has 1 amide bonds. The Hall–Kier alpha value is -1.62. The lowest BCUT2D eigenvalue weighted by Crippen LogP contribution is -2.07. The minimum Gasteiger partial charge on any atom is -0.463 e. The molecule has 1 aromatic carbocycles. The molecule has 0 saturated heterocycles. The predicted octanol–water partition coefficient (Wildman–Crippen LogP) is 2.98. The standard InChI is InChI=1S/C13H14BrNO3/c1-3-18-13(17)7-4-10-8-11(14)5-6-12(10)15-9(2)16/h4-8H,3H2,1-2H3,(H,15,16)/b7-4+. The molecule has 4 nitrogen and oxygen atoms in total. The number of carbonyl (C=O) groups is 2. The summed E-state index contributed by atoms with van der Waals surface area (Å²) in [5.74, 6) is -0.575. The van der Waals surface area contributed by atoms with E-state index in [1.165, 1.54) is 13.0 Å². The quantitative estimate of drug-likeness (QED) is 0.687. The molecule has 0 atom stereocenters. The summed E-state index contributed by atoms with van der Waals surface area (Å²) < 4.78 is 5.65. The number of halogens is 1. The van der Waals surface area contributed by atoms with E-state index in [0.717, 1.165) is 10.0 Å². The number of nitrogens with one attached hydrogen (secondary N) is 1. The Morgan fingerprint density at radius 3 is 2.78 bits per heavy atom. The Kier molecular flexibility index (Phi) is 5.58. The Balaban J connectivity index is 2.94. The number of esters is 1. The molecule has 0 aliphatic heterocycles. The van der Waals surface area contributed by atoms with Gasteiger partial charge in [0.15, 0.2) is 0 Å². The van der Waals surface area contributed by atoms with Crippen molar-refractivity contribution >= 4 is 39.6 Å². The third-order valence-corrected chi connectivity index (χ3v) is 2.50. The van der Waals surface area contributed by atoms with Crippen molar-refractivity contribution in [3.63, 3.8) is 0 Å². The van der Waals surface area contributed by atoms with Crippen molar-refractivity contribution in [1.82, 2.24) is 0 Å². The number of rotatable bonds is 4. The van der Waals surface area contributed by atoms with E-state index >= 15 is 0 Å². The topological polar surface area (TPSA) is 55.4 Å². The lowest BCUT2D eigenvalue weighted by atomic mass is 10.1. The highest BCUT2D eigenvalue weighted by Gasteiger charge is 2.03. The van der Waals surface area contributed by atoms with Gasteiger partial charge in [0.1, 0.15) is 0 Å². The van der Waals surface area contributed by atoms with Crippen molar-refractivity contribution in [2.24, 2.45) is 0 Å². The van der Waals surface area contributed by atoms with Gasteiger partial charge in [-0.1, -0.05) is 15.9 Å². The summed E-state index contributed by atoms with van der Waals surface area (Å²) in [5.41, 5.74) is 1.37. The van der Waals surface area contributed by atoms with Gasteiger partial charge in [0, 0.05) is 23.2 Å². The number of hydrogen-bond donors (Lipinski definition) is 1. The van der Waals surface area contributed by atoms with Gasteiger partial charge in [0.2, 0.25) is 5.91 Å². The smallest absolute Gasteiger partial charge is 0.330 e. The summed E-state index contributed by atoms with van der Waals surface area (Å²) >= 11 is 3.34. The predicted molar refractivity (Wildman–Crippen MR) is 74.1 cm³/mol. The van der Waals surface area contributed by atoms with Gasteiger partial charge in [-0.3, -0.25) is 4.79 Å². The summed E-state index contributed by atoms with van der Waals surface area (Å²) in [5, 5.41) is 2.69. The Morgan fingerprint density at radius 1 is 1.44 bits per heavy atom. The molecule has 0 radical (unpaired) electrons. The number of carbonyl (C=O) groups excluding carboxylic acids is 2. The van der Waals surface area contributed by atoms with E-state index in [1.807, 2.05) is 6.07 Å². The van der Waals surface area contributed by atoms with E-state index in [0.29, 0.717) is 12.3 Å². The molecule has 0 aromatic heterocycles. The van der Waals surface area contributed by atoms with E-state index in [9.17, 15) is 9.59 Å². The molecule has 18 heavy (non-hydrogen) atoms. The van der Waals surface area contributed by atoms with Gasteiger partial charge in [-0.2, -0.15) is 0 Å². The summed E-state index contributed by atoms with van der Waals surface area (Å²) in [4.78, 5) is 22.3. The van der Waals surface area contributed by atoms with Crippen LogP contribution < -0.4 is 5.32 Å². The van der Waals surface area contributed by atoms with Crippen LogP contribution in [0.15, 0.2) is 28.7 Å². The number of hydrogen-bond acceptors (Lipinski definition) is 3. The fourth-order valence-electron chi connectivity index (χ4n) is 1.32. The molecule has 0 bridgehead atoms. The molecule has 5 heteroatoms. The average Bonchev–Trinajstić information content (AvgIpc) is 2.29. The lowest BCUT2D eigenvalue weighted by Gasteiger charge is -2.07. The van der Waals surface area contributed by atoms with Crippen molar-refractivity contribution in [3.8, 4) is 0 Å². The minimum atomic E-state index is -0.411. The molecule has 0 unspecified atom stereocenters. The zero-order valence-electron chi connectivity index (χ0n) is 10.2. The molecular weight excluding hydrogens is 298 g/mol. The summed E-state index contributed by atoms with van der Waals surface area (Å²) in [7, 11) is 0. The van der Waals surface area contributed by atoms with Crippen molar-refractivity contribution in [3.05, 3.63) is 34.3 Å². The number of benzene rings is 1. The zero-order valence-corrected chi connectivity index (χ0v) is 11.8. The first-order valence-electron chi connectivity index (χ1n) is 5.45. The molecule has 1 aromatic rings. The Morgan fingerprint density at radius 2 is 2.17 bits per heavy atom. The lowest BCUT2D eigenvalue weighted by molar-refractivity contribution is -0.137. The van der Waals surface area contributed by atoms with Crippen LogP contribution >= 0.6 is 15.9 Å². The van der Waals surface area contributed by atoms with Gasteiger partial charge in [0.05, 0.1) is 6.61 Å². The molecule has 1 rings (SSSR count). The van der Waals surface area contributed by atoms with E-state index in [-0.39, 0.29) is 5.91 Å². The Labute approximate surface area is 114 Å². The van der Waals surface area contributed by atoms with E-state index in [1.54, 1.807) is 25.1 Å². The highest BCUT2D eigenvalue weighted by Crippen LogP contribution is 2.22. The van der Waals surface area contributed by atoms with Gasteiger partial charge < -0.3 is 10.1 Å². The van der Waals surface area contributed by atoms with Crippen LogP contribution in [-0.4, -0.2) is 18.5 Å². The second-order valence-corrected chi connectivity index (χ2v) is 4.41. The van der Waals surface area contributed by atoms with Gasteiger partial charge in [-0.05, 0) is 36.8 Å². The van der Waals surface area contributed by atoms with Crippen LogP contribution in [0, 0.1) is 0 Å². The SMILES string of the molecule is CCOC(=O)/C=C/c1cc(Br)ccc1NC(C)=O. The van der Waals surface area contributed by atoms with E-state index in [2.05, 4.69) is 21.2 Å². The molecule has 96 valence electrons. The third kappa shape index (κ3) is 4.71. The molecular formula is C13H14BrNO3. The maximum Gasteiger partial charge on any atom is 0.330 e. The molecule has 0 aliphatic rings. The van der Waals surface area contributed by atoms with Gasteiger partial charge in [0.25, 0.3) is 0 Å². The average molecular weight is 312 g/mol. The summed E-state index contributed by atoms with van der Waals surface area (Å²) in [6, 6.07) is 5.38. The maximum absolute atomic E-state index is 11.2. The molecule has 0 fully saturated rings. The fraction of sp³-hybridized carbons (Fsp3) is 0.231. The van der Waals surface area contributed by atoms with Crippen molar-refractivity contribution in [2.45, 2.75) is 13.8 Å². The highest BCUT2D eigenvalue weighted by molar-refractivity contribution is 9.10. The largest absolute Gasteiger partial charge is 0.463 e. The zero-order chi connectivity index (χ0) is 13.5. The second kappa shape index (κ2) is 6.96. The number of amides is 1. The molecule has 1 N–H and O–H groups in total. The number of anilines is 1. The normalized spacial score (nSPS) is 10.4. The fourth-order valence-corrected chi connectivity index (χ4v) is 1.70. The van der Waals surface area contributed by atoms with Gasteiger partial charge in [-0.15, -0.1) is 0 Å². The van der Waals surface area contributed by atoms with Crippen LogP contribution in [0.5, 0.6) is 0 Å². The summed E-state index contributed by atoms with van der Waals surface area (Å²) in [6.45, 7) is 3.51. The van der Waals surface area contributed by atoms with Crippen molar-refractivity contribution in [1.29, 1.82) is 0 Å². The van der Waals surface area contributed by atoms with Crippen LogP contribution in [-0.2, 0) is 14.3 Å². The monoisotopic (exact) mass is 311 g/mol. The van der Waals surface area contributed by atoms with Crippen LogP contribution in [0.25, 0.3) is 6.08 Å². The van der Waals surface area contributed by atoms with Gasteiger partial charge in [-0.25, -0.2) is 4.79 Å². The Bertz CT molecular complexity index is 483.